The summed E-state index contributed by atoms with van der Waals surface area (Å²) in [5.41, 5.74) is 1.13. The maximum absolute atomic E-state index is 8.56. The van der Waals surface area contributed by atoms with Crippen LogP contribution in [0.2, 0.25) is 0 Å². The molecule has 108 valence electrons. The number of methoxy groups -OCH3 is 1. The number of rotatable bonds is 10. The zero-order valence-corrected chi connectivity index (χ0v) is 11.6. The van der Waals surface area contributed by atoms with E-state index in [1.807, 2.05) is 25.1 Å². The van der Waals surface area contributed by atoms with Crippen LogP contribution in [-0.2, 0) is 11.3 Å². The SMILES string of the molecule is CCOc1ccc(CNCCOCCO)cc1OC. The molecule has 5 nitrogen and oxygen atoms in total. The first-order valence-electron chi connectivity index (χ1n) is 6.50. The second-order valence-electron chi connectivity index (χ2n) is 3.93. The zero-order valence-electron chi connectivity index (χ0n) is 11.6. The van der Waals surface area contributed by atoms with Crippen LogP contribution in [0.3, 0.4) is 0 Å². The summed E-state index contributed by atoms with van der Waals surface area (Å²) in [6, 6.07) is 5.89. The molecule has 5 heteroatoms. The van der Waals surface area contributed by atoms with Crippen LogP contribution in [0.15, 0.2) is 18.2 Å². The van der Waals surface area contributed by atoms with Gasteiger partial charge in [0.2, 0.25) is 0 Å². The molecule has 0 aliphatic heterocycles. The van der Waals surface area contributed by atoms with Crippen molar-refractivity contribution in [2.75, 3.05) is 40.1 Å². The number of benzene rings is 1. The molecule has 0 aliphatic carbocycles. The summed E-state index contributed by atoms with van der Waals surface area (Å²) < 4.78 is 15.9. The molecule has 0 aromatic heterocycles. The number of hydrogen-bond donors (Lipinski definition) is 2. The molecule has 0 saturated carbocycles. The number of ether oxygens (including phenoxy) is 3. The lowest BCUT2D eigenvalue weighted by Crippen LogP contribution is -2.20. The lowest BCUT2D eigenvalue weighted by molar-refractivity contribution is 0.0938. The van der Waals surface area contributed by atoms with Crippen LogP contribution in [0, 0.1) is 0 Å². The van der Waals surface area contributed by atoms with Gasteiger partial charge >= 0.3 is 0 Å². The van der Waals surface area contributed by atoms with Gasteiger partial charge in [-0.3, -0.25) is 0 Å². The van der Waals surface area contributed by atoms with E-state index in [1.165, 1.54) is 0 Å². The van der Waals surface area contributed by atoms with E-state index in [4.69, 9.17) is 19.3 Å². The van der Waals surface area contributed by atoms with Crippen molar-refractivity contribution in [3.8, 4) is 11.5 Å². The molecule has 0 saturated heterocycles. The van der Waals surface area contributed by atoms with Gasteiger partial charge in [-0.25, -0.2) is 0 Å². The number of aliphatic hydroxyl groups excluding tert-OH is 1. The van der Waals surface area contributed by atoms with Crippen molar-refractivity contribution < 1.29 is 19.3 Å². The first-order chi connectivity index (χ1) is 9.31. The molecule has 0 radical (unpaired) electrons. The fourth-order valence-corrected chi connectivity index (χ4v) is 1.64. The maximum atomic E-state index is 8.56. The lowest BCUT2D eigenvalue weighted by Gasteiger charge is -2.11. The average Bonchev–Trinajstić information content (AvgIpc) is 2.44. The Morgan fingerprint density at radius 1 is 1.21 bits per heavy atom. The molecule has 2 N–H and O–H groups in total. The predicted molar refractivity (Wildman–Crippen MR) is 73.8 cm³/mol. The van der Waals surface area contributed by atoms with Crippen molar-refractivity contribution in [3.05, 3.63) is 23.8 Å². The van der Waals surface area contributed by atoms with Gasteiger partial charge in [0.1, 0.15) is 0 Å². The largest absolute Gasteiger partial charge is 0.493 e. The van der Waals surface area contributed by atoms with Gasteiger partial charge in [0.05, 0.1) is 33.5 Å². The molecule has 0 aliphatic rings. The lowest BCUT2D eigenvalue weighted by atomic mass is 10.2. The van der Waals surface area contributed by atoms with Crippen LogP contribution < -0.4 is 14.8 Å². The van der Waals surface area contributed by atoms with Crippen LogP contribution in [0.5, 0.6) is 11.5 Å². The van der Waals surface area contributed by atoms with E-state index in [0.717, 1.165) is 30.2 Å². The van der Waals surface area contributed by atoms with Crippen molar-refractivity contribution in [2.45, 2.75) is 13.5 Å². The molecule has 1 rings (SSSR count). The second kappa shape index (κ2) is 9.61. The summed E-state index contributed by atoms with van der Waals surface area (Å²) in [4.78, 5) is 0. The fourth-order valence-electron chi connectivity index (χ4n) is 1.64. The third-order valence-corrected chi connectivity index (χ3v) is 2.52. The van der Waals surface area contributed by atoms with Gasteiger partial charge in [-0.1, -0.05) is 6.07 Å². The van der Waals surface area contributed by atoms with Crippen LogP contribution in [0.1, 0.15) is 12.5 Å². The molecule has 19 heavy (non-hydrogen) atoms. The Morgan fingerprint density at radius 2 is 2.05 bits per heavy atom. The van der Waals surface area contributed by atoms with Crippen molar-refractivity contribution in [3.63, 3.8) is 0 Å². The predicted octanol–water partition coefficient (Wildman–Crippen LogP) is 1.19. The second-order valence-corrected chi connectivity index (χ2v) is 3.93. The Labute approximate surface area is 114 Å². The molecule has 0 bridgehead atoms. The van der Waals surface area contributed by atoms with E-state index in [0.29, 0.717) is 19.8 Å². The molecule has 0 heterocycles. The Hall–Kier alpha value is -1.30. The topological polar surface area (TPSA) is 60.0 Å². The Bertz CT molecular complexity index is 357. The minimum atomic E-state index is 0.0656. The highest BCUT2D eigenvalue weighted by molar-refractivity contribution is 5.42. The first-order valence-corrected chi connectivity index (χ1v) is 6.50. The van der Waals surface area contributed by atoms with Crippen molar-refractivity contribution >= 4 is 0 Å². The standard InChI is InChI=1S/C14H23NO4/c1-3-19-13-5-4-12(10-14(13)17-2)11-15-6-8-18-9-7-16/h4-5,10,15-16H,3,6-9,11H2,1-2H3. The van der Waals surface area contributed by atoms with E-state index in [1.54, 1.807) is 7.11 Å². The minimum Gasteiger partial charge on any atom is -0.493 e. The quantitative estimate of drug-likeness (QED) is 0.625. The van der Waals surface area contributed by atoms with Gasteiger partial charge in [0.15, 0.2) is 11.5 Å². The summed E-state index contributed by atoms with van der Waals surface area (Å²) in [5, 5.41) is 11.8. The van der Waals surface area contributed by atoms with Crippen LogP contribution >= 0.6 is 0 Å². The molecule has 0 unspecified atom stereocenters. The van der Waals surface area contributed by atoms with Gasteiger partial charge in [-0.2, -0.15) is 0 Å². The summed E-state index contributed by atoms with van der Waals surface area (Å²) in [6.45, 7) is 5.10. The van der Waals surface area contributed by atoms with Gasteiger partial charge in [-0.05, 0) is 24.6 Å². The summed E-state index contributed by atoms with van der Waals surface area (Å²) in [6.07, 6.45) is 0. The van der Waals surface area contributed by atoms with Gasteiger partial charge in [-0.15, -0.1) is 0 Å². The van der Waals surface area contributed by atoms with E-state index in [2.05, 4.69) is 5.32 Å². The van der Waals surface area contributed by atoms with Crippen LogP contribution in [0.25, 0.3) is 0 Å². The molecule has 1 aromatic carbocycles. The van der Waals surface area contributed by atoms with E-state index in [9.17, 15) is 0 Å². The molecule has 0 spiro atoms. The summed E-state index contributed by atoms with van der Waals surface area (Å²) >= 11 is 0. The van der Waals surface area contributed by atoms with Crippen molar-refractivity contribution in [1.29, 1.82) is 0 Å². The maximum Gasteiger partial charge on any atom is 0.161 e. The smallest absolute Gasteiger partial charge is 0.161 e. The normalized spacial score (nSPS) is 10.5. The highest BCUT2D eigenvalue weighted by atomic mass is 16.5. The van der Waals surface area contributed by atoms with Gasteiger partial charge in [0, 0.05) is 13.1 Å². The van der Waals surface area contributed by atoms with E-state index in [-0.39, 0.29) is 6.61 Å². The zero-order chi connectivity index (χ0) is 13.9. The molecule has 0 fully saturated rings. The Morgan fingerprint density at radius 3 is 2.74 bits per heavy atom. The van der Waals surface area contributed by atoms with Crippen molar-refractivity contribution in [2.24, 2.45) is 0 Å². The first kappa shape index (κ1) is 15.8. The molecule has 1 aromatic rings. The monoisotopic (exact) mass is 269 g/mol. The fraction of sp³-hybridized carbons (Fsp3) is 0.571. The van der Waals surface area contributed by atoms with Crippen LogP contribution in [-0.4, -0.2) is 45.2 Å². The number of nitrogens with one attached hydrogen (secondary N) is 1. The number of hydrogen-bond acceptors (Lipinski definition) is 5. The average molecular weight is 269 g/mol. The van der Waals surface area contributed by atoms with Gasteiger partial charge in [0.25, 0.3) is 0 Å². The number of aliphatic hydroxyl groups is 1. The third kappa shape index (κ3) is 5.92. The summed E-state index contributed by atoms with van der Waals surface area (Å²) in [5.74, 6) is 1.51. The van der Waals surface area contributed by atoms with E-state index < -0.39 is 0 Å². The van der Waals surface area contributed by atoms with Crippen molar-refractivity contribution in [1.82, 2.24) is 5.32 Å². The molecular weight excluding hydrogens is 246 g/mol. The molecular formula is C14H23NO4. The van der Waals surface area contributed by atoms with Crippen LogP contribution in [0.4, 0.5) is 0 Å². The highest BCUT2D eigenvalue weighted by Crippen LogP contribution is 2.27. The molecule has 0 amide bonds. The minimum absolute atomic E-state index is 0.0656. The van der Waals surface area contributed by atoms with E-state index >= 15 is 0 Å². The summed E-state index contributed by atoms with van der Waals surface area (Å²) in [7, 11) is 1.64. The molecule has 0 atom stereocenters. The highest BCUT2D eigenvalue weighted by Gasteiger charge is 2.04. The third-order valence-electron chi connectivity index (χ3n) is 2.52. The van der Waals surface area contributed by atoms with Gasteiger partial charge < -0.3 is 24.6 Å². The Kier molecular flexibility index (Phi) is 7.97. The Balaban J connectivity index is 2.37.